The standard InChI is InChI=1S/C22H23F2N5O/c1-13-9-28-10-14(2-6-20(28)25-13)22(30)26-16-4-7-21-27-19(12-29(21)11-16)17-5-3-15(23)8-18(17)24/h3,5,8-9,12,14,16H,2,4,6-7,10-11H2,1H3,(H,26,30). The van der Waals surface area contributed by atoms with Gasteiger partial charge in [0.05, 0.1) is 17.3 Å². The van der Waals surface area contributed by atoms with Crippen LogP contribution < -0.4 is 5.32 Å². The zero-order chi connectivity index (χ0) is 20.8. The van der Waals surface area contributed by atoms with Gasteiger partial charge in [0.1, 0.15) is 23.3 Å². The van der Waals surface area contributed by atoms with Gasteiger partial charge in [-0.3, -0.25) is 4.79 Å². The fraction of sp³-hybridized carbons (Fsp3) is 0.409. The SMILES string of the molecule is Cc1cn2c(n1)CCC(C(=O)NC1CCc3nc(-c4ccc(F)cc4F)cn3C1)C2. The molecule has 156 valence electrons. The molecule has 0 fully saturated rings. The number of nitrogens with zero attached hydrogens (tertiary/aromatic N) is 4. The number of carbonyl (C=O) groups excluding carboxylic acids is 1. The first-order valence-electron chi connectivity index (χ1n) is 10.3. The highest BCUT2D eigenvalue weighted by Gasteiger charge is 2.29. The molecule has 0 radical (unpaired) electrons. The van der Waals surface area contributed by atoms with Crippen molar-refractivity contribution in [2.24, 2.45) is 5.92 Å². The van der Waals surface area contributed by atoms with Gasteiger partial charge in [-0.2, -0.15) is 0 Å². The molecule has 2 aliphatic heterocycles. The minimum Gasteiger partial charge on any atom is -0.351 e. The molecular weight excluding hydrogens is 388 g/mol. The Morgan fingerprint density at radius 2 is 1.83 bits per heavy atom. The molecule has 8 heteroatoms. The molecule has 30 heavy (non-hydrogen) atoms. The normalized spacial score (nSPS) is 20.5. The van der Waals surface area contributed by atoms with Crippen molar-refractivity contribution in [1.82, 2.24) is 24.4 Å². The molecule has 0 aliphatic carbocycles. The summed E-state index contributed by atoms with van der Waals surface area (Å²) in [7, 11) is 0. The van der Waals surface area contributed by atoms with Gasteiger partial charge in [-0.05, 0) is 31.9 Å². The van der Waals surface area contributed by atoms with E-state index in [1.165, 1.54) is 12.1 Å². The quantitative estimate of drug-likeness (QED) is 0.721. The van der Waals surface area contributed by atoms with Crippen molar-refractivity contribution < 1.29 is 13.6 Å². The molecule has 1 aromatic carbocycles. The number of carbonyl (C=O) groups is 1. The Hall–Kier alpha value is -3.03. The summed E-state index contributed by atoms with van der Waals surface area (Å²) < 4.78 is 31.3. The topological polar surface area (TPSA) is 64.7 Å². The highest BCUT2D eigenvalue weighted by Crippen LogP contribution is 2.26. The van der Waals surface area contributed by atoms with E-state index >= 15 is 0 Å². The van der Waals surface area contributed by atoms with E-state index in [0.29, 0.717) is 25.2 Å². The minimum atomic E-state index is -0.623. The number of aromatic nitrogens is 4. The lowest BCUT2D eigenvalue weighted by Crippen LogP contribution is -2.45. The average molecular weight is 411 g/mol. The fourth-order valence-corrected chi connectivity index (χ4v) is 4.51. The predicted molar refractivity (Wildman–Crippen MR) is 107 cm³/mol. The van der Waals surface area contributed by atoms with Crippen molar-refractivity contribution in [3.8, 4) is 11.3 Å². The van der Waals surface area contributed by atoms with Crippen LogP contribution in [0.25, 0.3) is 11.3 Å². The molecule has 5 rings (SSSR count). The van der Waals surface area contributed by atoms with Crippen molar-refractivity contribution in [3.05, 3.63) is 59.6 Å². The summed E-state index contributed by atoms with van der Waals surface area (Å²) in [6, 6.07) is 3.52. The van der Waals surface area contributed by atoms with Crippen molar-refractivity contribution >= 4 is 5.91 Å². The van der Waals surface area contributed by atoms with E-state index in [1.54, 1.807) is 6.20 Å². The Bertz CT molecular complexity index is 1120. The molecule has 0 spiro atoms. The van der Waals surface area contributed by atoms with Gasteiger partial charge in [-0.25, -0.2) is 18.7 Å². The number of fused-ring (bicyclic) bond motifs is 2. The van der Waals surface area contributed by atoms with Crippen LogP contribution in [-0.4, -0.2) is 31.1 Å². The van der Waals surface area contributed by atoms with Crippen molar-refractivity contribution in [2.45, 2.75) is 51.7 Å². The molecular formula is C22H23F2N5O. The molecule has 1 amide bonds. The van der Waals surface area contributed by atoms with Gasteiger partial charge in [0, 0.05) is 56.0 Å². The molecule has 2 atom stereocenters. The Labute approximate surface area is 173 Å². The van der Waals surface area contributed by atoms with Crippen LogP contribution in [0, 0.1) is 24.5 Å². The van der Waals surface area contributed by atoms with E-state index < -0.39 is 11.6 Å². The number of nitrogens with one attached hydrogen (secondary N) is 1. The maximum absolute atomic E-state index is 14.1. The Kier molecular flexibility index (Phi) is 4.64. The van der Waals surface area contributed by atoms with Crippen LogP contribution in [0.2, 0.25) is 0 Å². The highest BCUT2D eigenvalue weighted by molar-refractivity contribution is 5.79. The van der Waals surface area contributed by atoms with Crippen LogP contribution in [-0.2, 0) is 30.7 Å². The largest absolute Gasteiger partial charge is 0.351 e. The van der Waals surface area contributed by atoms with Gasteiger partial charge in [-0.1, -0.05) is 0 Å². The summed E-state index contributed by atoms with van der Waals surface area (Å²) in [6.07, 6.45) is 6.89. The third kappa shape index (κ3) is 3.51. The second kappa shape index (κ2) is 7.34. The maximum atomic E-state index is 14.1. The van der Waals surface area contributed by atoms with Gasteiger partial charge >= 0.3 is 0 Å². The molecule has 2 aliphatic rings. The Morgan fingerprint density at radius 3 is 2.67 bits per heavy atom. The fourth-order valence-electron chi connectivity index (χ4n) is 4.51. The molecule has 0 saturated carbocycles. The van der Waals surface area contributed by atoms with Crippen molar-refractivity contribution in [2.75, 3.05) is 0 Å². The molecule has 3 aromatic rings. The first-order valence-corrected chi connectivity index (χ1v) is 10.3. The van der Waals surface area contributed by atoms with Crippen molar-refractivity contribution in [3.63, 3.8) is 0 Å². The van der Waals surface area contributed by atoms with E-state index in [0.717, 1.165) is 42.7 Å². The predicted octanol–water partition coefficient (Wildman–Crippen LogP) is 3.03. The van der Waals surface area contributed by atoms with Crippen LogP contribution in [0.5, 0.6) is 0 Å². The van der Waals surface area contributed by atoms with E-state index in [1.807, 2.05) is 17.7 Å². The lowest BCUT2D eigenvalue weighted by atomic mass is 9.97. The first-order chi connectivity index (χ1) is 14.5. The number of hydrogen-bond acceptors (Lipinski definition) is 3. The molecule has 1 N–H and O–H groups in total. The number of amides is 1. The molecule has 2 unspecified atom stereocenters. The van der Waals surface area contributed by atoms with Crippen LogP contribution in [0.4, 0.5) is 8.78 Å². The summed E-state index contributed by atoms with van der Waals surface area (Å²) in [5.41, 5.74) is 1.76. The van der Waals surface area contributed by atoms with Crippen molar-refractivity contribution in [1.29, 1.82) is 0 Å². The van der Waals surface area contributed by atoms with Gasteiger partial charge < -0.3 is 14.5 Å². The number of halogens is 2. The molecule has 6 nitrogen and oxygen atoms in total. The molecule has 0 saturated heterocycles. The van der Waals surface area contributed by atoms with Crippen LogP contribution in [0.15, 0.2) is 30.6 Å². The summed E-state index contributed by atoms with van der Waals surface area (Å²) in [6.45, 7) is 3.23. The van der Waals surface area contributed by atoms with Crippen LogP contribution in [0.3, 0.4) is 0 Å². The molecule has 4 heterocycles. The third-order valence-corrected chi connectivity index (χ3v) is 6.03. The maximum Gasteiger partial charge on any atom is 0.225 e. The lowest BCUT2D eigenvalue weighted by molar-refractivity contribution is -0.126. The Balaban J connectivity index is 1.26. The van der Waals surface area contributed by atoms with E-state index in [4.69, 9.17) is 0 Å². The highest BCUT2D eigenvalue weighted by atomic mass is 19.1. The number of imidazole rings is 2. The monoisotopic (exact) mass is 411 g/mol. The lowest BCUT2D eigenvalue weighted by Gasteiger charge is -2.28. The number of benzene rings is 1. The van der Waals surface area contributed by atoms with E-state index in [2.05, 4.69) is 19.9 Å². The number of rotatable bonds is 3. The van der Waals surface area contributed by atoms with Gasteiger partial charge in [0.2, 0.25) is 5.91 Å². The number of hydrogen-bond donors (Lipinski definition) is 1. The summed E-state index contributed by atoms with van der Waals surface area (Å²) in [5, 5.41) is 3.19. The van der Waals surface area contributed by atoms with Gasteiger partial charge in [0.25, 0.3) is 0 Å². The van der Waals surface area contributed by atoms with Gasteiger partial charge in [0.15, 0.2) is 0 Å². The number of aryl methyl sites for hydroxylation is 3. The average Bonchev–Trinajstić information content (AvgIpc) is 3.29. The zero-order valence-corrected chi connectivity index (χ0v) is 16.7. The summed E-state index contributed by atoms with van der Waals surface area (Å²) in [4.78, 5) is 21.9. The minimum absolute atomic E-state index is 0.0102. The third-order valence-electron chi connectivity index (χ3n) is 6.03. The Morgan fingerprint density at radius 1 is 1.07 bits per heavy atom. The van der Waals surface area contributed by atoms with Gasteiger partial charge in [-0.15, -0.1) is 0 Å². The smallest absolute Gasteiger partial charge is 0.225 e. The molecule has 2 aromatic heterocycles. The van der Waals surface area contributed by atoms with E-state index in [-0.39, 0.29) is 23.4 Å². The first kappa shape index (κ1) is 19.0. The second-order valence-corrected chi connectivity index (χ2v) is 8.25. The van der Waals surface area contributed by atoms with Crippen LogP contribution in [0.1, 0.15) is 30.2 Å². The zero-order valence-electron chi connectivity index (χ0n) is 16.7. The van der Waals surface area contributed by atoms with E-state index in [9.17, 15) is 13.6 Å². The summed E-state index contributed by atoms with van der Waals surface area (Å²) in [5.74, 6) is 0.697. The van der Waals surface area contributed by atoms with Crippen LogP contribution >= 0.6 is 0 Å². The molecule has 0 bridgehead atoms. The summed E-state index contributed by atoms with van der Waals surface area (Å²) >= 11 is 0. The second-order valence-electron chi connectivity index (χ2n) is 8.25.